The highest BCUT2D eigenvalue weighted by molar-refractivity contribution is 5.77. The van der Waals surface area contributed by atoms with E-state index in [1.807, 2.05) is 0 Å². The van der Waals surface area contributed by atoms with Gasteiger partial charge in [-0.25, -0.2) is 0 Å². The molecule has 0 saturated carbocycles. The summed E-state index contributed by atoms with van der Waals surface area (Å²) >= 11 is 0. The van der Waals surface area contributed by atoms with Crippen LogP contribution in [0.1, 0.15) is 19.8 Å². The van der Waals surface area contributed by atoms with Crippen LogP contribution in [-0.4, -0.2) is 37.7 Å². The van der Waals surface area contributed by atoms with E-state index in [1.54, 1.807) is 0 Å². The maximum absolute atomic E-state index is 11.3. The van der Waals surface area contributed by atoms with Gasteiger partial charge in [0.2, 0.25) is 0 Å². The van der Waals surface area contributed by atoms with E-state index in [4.69, 9.17) is 4.74 Å². The van der Waals surface area contributed by atoms with E-state index in [0.717, 1.165) is 13.0 Å². The van der Waals surface area contributed by atoms with Crippen molar-refractivity contribution in [1.29, 1.82) is 0 Å². The normalized spacial score (nSPS) is 26.7. The molecule has 0 aromatic heterocycles. The molecule has 0 bridgehead atoms. The lowest BCUT2D eigenvalue weighted by Gasteiger charge is -2.29. The summed E-state index contributed by atoms with van der Waals surface area (Å²) < 4.78 is 9.63. The zero-order chi connectivity index (χ0) is 10.6. The van der Waals surface area contributed by atoms with E-state index < -0.39 is 12.1 Å². The molecule has 2 unspecified atom stereocenters. The molecule has 1 fully saturated rings. The second-order valence-electron chi connectivity index (χ2n) is 3.25. The summed E-state index contributed by atoms with van der Waals surface area (Å²) in [6, 6.07) is -0.516. The molecule has 1 aliphatic rings. The van der Waals surface area contributed by atoms with Crippen molar-refractivity contribution in [3.8, 4) is 0 Å². The van der Waals surface area contributed by atoms with Crippen LogP contribution >= 0.6 is 0 Å². The van der Waals surface area contributed by atoms with Gasteiger partial charge in [-0.1, -0.05) is 0 Å². The van der Waals surface area contributed by atoms with E-state index in [1.165, 1.54) is 14.0 Å². The first-order valence-corrected chi connectivity index (χ1v) is 4.63. The lowest BCUT2D eigenvalue weighted by Crippen LogP contribution is -2.51. The van der Waals surface area contributed by atoms with Gasteiger partial charge in [0.1, 0.15) is 12.1 Å². The van der Waals surface area contributed by atoms with E-state index in [9.17, 15) is 9.59 Å². The predicted molar refractivity (Wildman–Crippen MR) is 48.6 cm³/mol. The van der Waals surface area contributed by atoms with E-state index in [2.05, 4.69) is 10.1 Å². The Morgan fingerprint density at radius 2 is 2.14 bits per heavy atom. The third-order valence-electron chi connectivity index (χ3n) is 2.17. The molecule has 0 aliphatic carbocycles. The van der Waals surface area contributed by atoms with E-state index in [-0.39, 0.29) is 11.9 Å². The Balaban J connectivity index is 2.58. The first-order chi connectivity index (χ1) is 6.65. The molecule has 1 rings (SSSR count). The van der Waals surface area contributed by atoms with E-state index in [0.29, 0.717) is 6.42 Å². The number of ether oxygens (including phenoxy) is 2. The summed E-state index contributed by atoms with van der Waals surface area (Å²) in [7, 11) is 1.32. The quantitative estimate of drug-likeness (QED) is 0.629. The maximum Gasteiger partial charge on any atom is 0.326 e. The van der Waals surface area contributed by atoms with Crippen LogP contribution in [0, 0.1) is 0 Å². The zero-order valence-electron chi connectivity index (χ0n) is 8.41. The average molecular weight is 201 g/mol. The molecule has 0 aromatic rings. The molecule has 5 heteroatoms. The fraction of sp³-hybridized carbons (Fsp3) is 0.778. The van der Waals surface area contributed by atoms with Crippen LogP contribution in [0.4, 0.5) is 0 Å². The molecule has 0 amide bonds. The molecular weight excluding hydrogens is 186 g/mol. The van der Waals surface area contributed by atoms with Crippen LogP contribution in [0.15, 0.2) is 0 Å². The van der Waals surface area contributed by atoms with Gasteiger partial charge in [-0.2, -0.15) is 0 Å². The van der Waals surface area contributed by atoms with Gasteiger partial charge in [0.05, 0.1) is 7.11 Å². The van der Waals surface area contributed by atoms with Crippen molar-refractivity contribution >= 4 is 11.9 Å². The Morgan fingerprint density at radius 3 is 2.71 bits per heavy atom. The van der Waals surface area contributed by atoms with Gasteiger partial charge in [-0.15, -0.1) is 0 Å². The van der Waals surface area contributed by atoms with Gasteiger partial charge in [0, 0.05) is 6.92 Å². The molecule has 0 spiro atoms. The van der Waals surface area contributed by atoms with E-state index >= 15 is 0 Å². The second kappa shape index (κ2) is 4.95. The minimum absolute atomic E-state index is 0.368. The van der Waals surface area contributed by atoms with Gasteiger partial charge >= 0.3 is 11.9 Å². The Hall–Kier alpha value is -1.10. The highest BCUT2D eigenvalue weighted by atomic mass is 16.6. The predicted octanol–water partition coefficient (Wildman–Crippen LogP) is -0.157. The SMILES string of the molecule is COC(=O)C1NCCCC1OC(C)=O. The number of nitrogens with one attached hydrogen (secondary N) is 1. The Labute approximate surface area is 82.8 Å². The molecule has 14 heavy (non-hydrogen) atoms. The number of methoxy groups -OCH3 is 1. The number of carbonyl (C=O) groups is 2. The summed E-state index contributed by atoms with van der Waals surface area (Å²) in [4.78, 5) is 22.0. The maximum atomic E-state index is 11.3. The molecule has 1 saturated heterocycles. The van der Waals surface area contributed by atoms with Crippen LogP contribution in [0.2, 0.25) is 0 Å². The minimum atomic E-state index is -0.516. The van der Waals surface area contributed by atoms with Gasteiger partial charge in [0.15, 0.2) is 0 Å². The van der Waals surface area contributed by atoms with Gasteiger partial charge in [-0.3, -0.25) is 9.59 Å². The number of hydrogen-bond acceptors (Lipinski definition) is 5. The van der Waals surface area contributed by atoms with Crippen molar-refractivity contribution in [1.82, 2.24) is 5.32 Å². The van der Waals surface area contributed by atoms with Crippen molar-refractivity contribution < 1.29 is 19.1 Å². The van der Waals surface area contributed by atoms with Crippen molar-refractivity contribution in [3.63, 3.8) is 0 Å². The molecule has 1 N–H and O–H groups in total. The van der Waals surface area contributed by atoms with Crippen LogP contribution in [0.3, 0.4) is 0 Å². The number of esters is 2. The summed E-state index contributed by atoms with van der Waals surface area (Å²) in [5.41, 5.74) is 0. The minimum Gasteiger partial charge on any atom is -0.468 e. The summed E-state index contributed by atoms with van der Waals surface area (Å²) in [5, 5.41) is 2.97. The third-order valence-corrected chi connectivity index (χ3v) is 2.17. The smallest absolute Gasteiger partial charge is 0.326 e. The Kier molecular flexibility index (Phi) is 3.88. The Morgan fingerprint density at radius 1 is 1.43 bits per heavy atom. The number of piperidine rings is 1. The van der Waals surface area contributed by atoms with Crippen molar-refractivity contribution in [3.05, 3.63) is 0 Å². The van der Waals surface area contributed by atoms with Gasteiger partial charge in [-0.05, 0) is 19.4 Å². The Bertz CT molecular complexity index is 229. The highest BCUT2D eigenvalue weighted by Crippen LogP contribution is 2.13. The number of carbonyl (C=O) groups excluding carboxylic acids is 2. The van der Waals surface area contributed by atoms with Crippen LogP contribution in [0.5, 0.6) is 0 Å². The fourth-order valence-electron chi connectivity index (χ4n) is 1.56. The molecule has 80 valence electrons. The fourth-order valence-corrected chi connectivity index (χ4v) is 1.56. The summed E-state index contributed by atoms with van der Waals surface area (Å²) in [6.07, 6.45) is 1.20. The topological polar surface area (TPSA) is 64.6 Å². The van der Waals surface area contributed by atoms with Gasteiger partial charge < -0.3 is 14.8 Å². The molecule has 0 radical (unpaired) electrons. The van der Waals surface area contributed by atoms with Gasteiger partial charge in [0.25, 0.3) is 0 Å². The number of rotatable bonds is 2. The van der Waals surface area contributed by atoms with Crippen LogP contribution in [0.25, 0.3) is 0 Å². The van der Waals surface area contributed by atoms with Crippen molar-refractivity contribution in [2.24, 2.45) is 0 Å². The summed E-state index contributed by atoms with van der Waals surface area (Å²) in [5.74, 6) is -0.747. The largest absolute Gasteiger partial charge is 0.468 e. The van der Waals surface area contributed by atoms with Crippen LogP contribution < -0.4 is 5.32 Å². The first-order valence-electron chi connectivity index (χ1n) is 4.63. The molecular formula is C9H15NO4. The first kappa shape index (κ1) is 11.0. The zero-order valence-corrected chi connectivity index (χ0v) is 8.41. The molecule has 5 nitrogen and oxygen atoms in total. The molecule has 0 aromatic carbocycles. The lowest BCUT2D eigenvalue weighted by molar-refractivity contribution is -0.157. The molecule has 1 heterocycles. The van der Waals surface area contributed by atoms with Crippen LogP contribution in [-0.2, 0) is 19.1 Å². The van der Waals surface area contributed by atoms with Crippen molar-refractivity contribution in [2.45, 2.75) is 31.9 Å². The summed E-state index contributed by atoms with van der Waals surface area (Å²) in [6.45, 7) is 2.08. The highest BCUT2D eigenvalue weighted by Gasteiger charge is 2.33. The third kappa shape index (κ3) is 2.70. The van der Waals surface area contributed by atoms with Crippen molar-refractivity contribution in [2.75, 3.05) is 13.7 Å². The molecule has 2 atom stereocenters. The lowest BCUT2D eigenvalue weighted by atomic mass is 10.0. The number of hydrogen-bond donors (Lipinski definition) is 1. The standard InChI is InChI=1S/C9H15NO4/c1-6(11)14-7-4-3-5-10-8(7)9(12)13-2/h7-8,10H,3-5H2,1-2H3. The monoisotopic (exact) mass is 201 g/mol. The average Bonchev–Trinajstić information content (AvgIpc) is 2.16. The second-order valence-corrected chi connectivity index (χ2v) is 3.25. The molecule has 1 aliphatic heterocycles.